The molecule has 1 aromatic carbocycles. The Bertz CT molecular complexity index is 643. The Morgan fingerprint density at radius 2 is 1.73 bits per heavy atom. The van der Waals surface area contributed by atoms with E-state index in [1.54, 1.807) is 24.3 Å². The van der Waals surface area contributed by atoms with Crippen LogP contribution in [0, 0.1) is 0 Å². The van der Waals surface area contributed by atoms with Gasteiger partial charge in [0, 0.05) is 57.5 Å². The fourth-order valence-electron chi connectivity index (χ4n) is 2.92. The number of benzene rings is 1. The van der Waals surface area contributed by atoms with Crippen LogP contribution >= 0.6 is 11.6 Å². The van der Waals surface area contributed by atoms with Gasteiger partial charge in [-0.15, -0.1) is 0 Å². The molecule has 0 bridgehead atoms. The molecule has 0 aromatic heterocycles. The number of nitrogens with one attached hydrogen (secondary N) is 1. The summed E-state index contributed by atoms with van der Waals surface area (Å²) in [6.45, 7) is 6.71. The van der Waals surface area contributed by atoms with E-state index < -0.39 is 0 Å². The van der Waals surface area contributed by atoms with Crippen LogP contribution in [0.5, 0.6) is 0 Å². The van der Waals surface area contributed by atoms with Gasteiger partial charge in [0.1, 0.15) is 0 Å². The SMILES string of the molecule is CCN1CCN(C(=O)CCNC(=O)CCC(=O)c2ccccc2Cl)CC1. The van der Waals surface area contributed by atoms with Gasteiger partial charge in [0.05, 0.1) is 5.02 Å². The van der Waals surface area contributed by atoms with Gasteiger partial charge in [-0.3, -0.25) is 14.4 Å². The van der Waals surface area contributed by atoms with E-state index in [2.05, 4.69) is 17.1 Å². The Morgan fingerprint density at radius 1 is 1.04 bits per heavy atom. The molecule has 6 nitrogen and oxygen atoms in total. The smallest absolute Gasteiger partial charge is 0.224 e. The normalized spacial score (nSPS) is 14.9. The zero-order valence-corrected chi connectivity index (χ0v) is 15.9. The second-order valence-corrected chi connectivity index (χ2v) is 6.73. The largest absolute Gasteiger partial charge is 0.356 e. The lowest BCUT2D eigenvalue weighted by Gasteiger charge is -2.34. The summed E-state index contributed by atoms with van der Waals surface area (Å²) in [6.07, 6.45) is 0.478. The van der Waals surface area contributed by atoms with Gasteiger partial charge in [-0.25, -0.2) is 0 Å². The molecule has 1 N–H and O–H groups in total. The van der Waals surface area contributed by atoms with E-state index in [0.717, 1.165) is 32.7 Å². The van der Waals surface area contributed by atoms with Gasteiger partial charge in [0.25, 0.3) is 0 Å². The third kappa shape index (κ3) is 6.11. The molecule has 0 aliphatic carbocycles. The Balaban J connectivity index is 1.64. The number of hydrogen-bond donors (Lipinski definition) is 1. The van der Waals surface area contributed by atoms with Gasteiger partial charge in [-0.2, -0.15) is 0 Å². The molecule has 1 heterocycles. The number of halogens is 1. The number of hydrogen-bond acceptors (Lipinski definition) is 4. The minimum atomic E-state index is -0.228. The first kappa shape index (κ1) is 20.4. The van der Waals surface area contributed by atoms with Gasteiger partial charge >= 0.3 is 0 Å². The highest BCUT2D eigenvalue weighted by atomic mass is 35.5. The Morgan fingerprint density at radius 3 is 2.38 bits per heavy atom. The van der Waals surface area contributed by atoms with Crippen molar-refractivity contribution in [3.8, 4) is 0 Å². The number of amides is 2. The van der Waals surface area contributed by atoms with Gasteiger partial charge < -0.3 is 15.1 Å². The molecule has 0 radical (unpaired) electrons. The summed E-state index contributed by atoms with van der Waals surface area (Å²) < 4.78 is 0. The number of piperazine rings is 1. The fourth-order valence-corrected chi connectivity index (χ4v) is 3.16. The zero-order chi connectivity index (χ0) is 18.9. The fraction of sp³-hybridized carbons (Fsp3) is 0.526. The van der Waals surface area contributed by atoms with Crippen molar-refractivity contribution in [2.45, 2.75) is 26.2 Å². The van der Waals surface area contributed by atoms with Crippen molar-refractivity contribution in [3.05, 3.63) is 34.9 Å². The number of Topliss-reactive ketones (excluding diaryl/α,β-unsaturated/α-hetero) is 1. The number of carbonyl (C=O) groups is 3. The quantitative estimate of drug-likeness (QED) is 0.701. The third-order valence-corrected chi connectivity index (χ3v) is 4.92. The highest BCUT2D eigenvalue weighted by molar-refractivity contribution is 6.34. The molecule has 1 aliphatic rings. The molecular weight excluding hydrogens is 354 g/mol. The summed E-state index contributed by atoms with van der Waals surface area (Å²) >= 11 is 5.98. The van der Waals surface area contributed by atoms with Crippen LogP contribution in [0.15, 0.2) is 24.3 Å². The Hall–Kier alpha value is -1.92. The van der Waals surface area contributed by atoms with E-state index in [-0.39, 0.29) is 36.9 Å². The van der Waals surface area contributed by atoms with Crippen LogP contribution in [0.25, 0.3) is 0 Å². The lowest BCUT2D eigenvalue weighted by atomic mass is 10.1. The average molecular weight is 380 g/mol. The lowest BCUT2D eigenvalue weighted by Crippen LogP contribution is -2.49. The van der Waals surface area contributed by atoms with Crippen LogP contribution in [0.4, 0.5) is 0 Å². The minimum absolute atomic E-state index is 0.0631. The van der Waals surface area contributed by atoms with Crippen LogP contribution in [0.1, 0.15) is 36.5 Å². The van der Waals surface area contributed by atoms with Gasteiger partial charge in [-0.05, 0) is 18.7 Å². The highest BCUT2D eigenvalue weighted by Gasteiger charge is 2.20. The van der Waals surface area contributed by atoms with Crippen molar-refractivity contribution in [1.82, 2.24) is 15.1 Å². The molecule has 0 atom stereocenters. The molecular formula is C19H26ClN3O3. The van der Waals surface area contributed by atoms with E-state index in [4.69, 9.17) is 11.6 Å². The van der Waals surface area contributed by atoms with Crippen LogP contribution in [0.2, 0.25) is 5.02 Å². The van der Waals surface area contributed by atoms with Crippen molar-refractivity contribution in [2.24, 2.45) is 0 Å². The van der Waals surface area contributed by atoms with Gasteiger partial charge in [-0.1, -0.05) is 30.7 Å². The third-order valence-electron chi connectivity index (χ3n) is 4.59. The first-order valence-electron chi connectivity index (χ1n) is 9.05. The number of carbonyl (C=O) groups excluding carboxylic acids is 3. The molecule has 26 heavy (non-hydrogen) atoms. The van der Waals surface area contributed by atoms with Crippen LogP contribution < -0.4 is 5.32 Å². The molecule has 0 spiro atoms. The summed E-state index contributed by atoms with van der Waals surface area (Å²) in [7, 11) is 0. The van der Waals surface area contributed by atoms with Crippen molar-refractivity contribution in [1.29, 1.82) is 0 Å². The Kier molecular flexibility index (Phi) is 8.06. The first-order valence-corrected chi connectivity index (χ1v) is 9.43. The van der Waals surface area contributed by atoms with E-state index in [1.165, 1.54) is 0 Å². The zero-order valence-electron chi connectivity index (χ0n) is 15.2. The molecule has 7 heteroatoms. The molecule has 1 aromatic rings. The molecule has 142 valence electrons. The summed E-state index contributed by atoms with van der Waals surface area (Å²) in [6, 6.07) is 6.80. The average Bonchev–Trinajstić information content (AvgIpc) is 2.66. The monoisotopic (exact) mass is 379 g/mol. The van der Waals surface area contributed by atoms with Crippen LogP contribution in [-0.2, 0) is 9.59 Å². The number of likely N-dealkylation sites (N-methyl/N-ethyl adjacent to an activating group) is 1. The second-order valence-electron chi connectivity index (χ2n) is 6.32. The van der Waals surface area contributed by atoms with Crippen molar-refractivity contribution < 1.29 is 14.4 Å². The molecule has 0 unspecified atom stereocenters. The lowest BCUT2D eigenvalue weighted by molar-refractivity contribution is -0.132. The number of nitrogens with zero attached hydrogens (tertiary/aromatic N) is 2. The predicted molar refractivity (Wildman–Crippen MR) is 101 cm³/mol. The van der Waals surface area contributed by atoms with Crippen molar-refractivity contribution >= 4 is 29.2 Å². The van der Waals surface area contributed by atoms with E-state index in [1.807, 2.05) is 4.90 Å². The van der Waals surface area contributed by atoms with E-state index in [0.29, 0.717) is 17.1 Å². The van der Waals surface area contributed by atoms with Crippen molar-refractivity contribution in [3.63, 3.8) is 0 Å². The topological polar surface area (TPSA) is 69.7 Å². The number of ketones is 1. The highest BCUT2D eigenvalue weighted by Crippen LogP contribution is 2.17. The Labute approximate surface area is 159 Å². The molecule has 1 aliphatic heterocycles. The van der Waals surface area contributed by atoms with Crippen molar-refractivity contribution in [2.75, 3.05) is 39.3 Å². The number of rotatable bonds is 8. The minimum Gasteiger partial charge on any atom is -0.356 e. The van der Waals surface area contributed by atoms with Gasteiger partial charge in [0.2, 0.25) is 11.8 Å². The second kappa shape index (κ2) is 10.3. The maximum Gasteiger partial charge on any atom is 0.224 e. The van der Waals surface area contributed by atoms with Crippen LogP contribution in [0.3, 0.4) is 0 Å². The molecule has 1 fully saturated rings. The molecule has 2 rings (SSSR count). The predicted octanol–water partition coefficient (Wildman–Crippen LogP) is 1.97. The molecule has 1 saturated heterocycles. The molecule has 0 saturated carbocycles. The summed E-state index contributed by atoms with van der Waals surface area (Å²) in [5.41, 5.74) is 0.434. The summed E-state index contributed by atoms with van der Waals surface area (Å²) in [5.74, 6) is -0.321. The maximum atomic E-state index is 12.2. The van der Waals surface area contributed by atoms with Gasteiger partial charge in [0.15, 0.2) is 5.78 Å². The van der Waals surface area contributed by atoms with E-state index >= 15 is 0 Å². The maximum absolute atomic E-state index is 12.2. The summed E-state index contributed by atoms with van der Waals surface area (Å²) in [4.78, 5) is 40.3. The summed E-state index contributed by atoms with van der Waals surface area (Å²) in [5, 5.41) is 3.11. The molecule has 2 amide bonds. The van der Waals surface area contributed by atoms with E-state index in [9.17, 15) is 14.4 Å². The first-order chi connectivity index (χ1) is 12.5. The van der Waals surface area contributed by atoms with Crippen LogP contribution in [-0.4, -0.2) is 66.7 Å². The standard InChI is InChI=1S/C19H26ClN3O3/c1-2-22-11-13-23(14-12-22)19(26)9-10-21-18(25)8-7-17(24)15-5-3-4-6-16(15)20/h3-6H,2,7-14H2,1H3,(H,21,25).